The topological polar surface area (TPSA) is 49.0 Å². The standard InChI is InChI=1S/C22H31N3O/c1-5-22(6-2)11-12-25(15-22)14-17-9-7-8-10-18(17)21-23-19(16(3)4)13-20(26)24-21/h7-10,13,16H,5-6,11-12,14-15H2,1-4H3,(H,23,24,26). The van der Waals surface area contributed by atoms with Gasteiger partial charge in [-0.15, -0.1) is 0 Å². The number of nitrogens with zero attached hydrogens (tertiary/aromatic N) is 2. The molecule has 4 heteroatoms. The molecule has 0 aliphatic carbocycles. The van der Waals surface area contributed by atoms with Crippen LogP contribution >= 0.6 is 0 Å². The molecule has 1 aromatic heterocycles. The summed E-state index contributed by atoms with van der Waals surface area (Å²) >= 11 is 0. The molecule has 0 saturated carbocycles. The summed E-state index contributed by atoms with van der Waals surface area (Å²) in [6.45, 7) is 12.0. The highest BCUT2D eigenvalue weighted by atomic mass is 16.1. The van der Waals surface area contributed by atoms with Crippen LogP contribution in [-0.2, 0) is 6.54 Å². The largest absolute Gasteiger partial charge is 0.307 e. The van der Waals surface area contributed by atoms with E-state index in [1.165, 1.54) is 24.8 Å². The third-order valence-corrected chi connectivity index (χ3v) is 6.04. The SMILES string of the molecule is CCC1(CC)CCN(Cc2ccccc2-c2nc(C(C)C)cc(=O)[nH]2)C1. The van der Waals surface area contributed by atoms with E-state index in [4.69, 9.17) is 4.98 Å². The fourth-order valence-corrected chi connectivity index (χ4v) is 4.02. The molecule has 0 spiro atoms. The molecule has 1 aliphatic heterocycles. The van der Waals surface area contributed by atoms with Gasteiger partial charge in [-0.2, -0.15) is 0 Å². The summed E-state index contributed by atoms with van der Waals surface area (Å²) in [4.78, 5) is 22.3. The summed E-state index contributed by atoms with van der Waals surface area (Å²) in [5.74, 6) is 0.921. The van der Waals surface area contributed by atoms with Gasteiger partial charge < -0.3 is 4.98 Å². The van der Waals surface area contributed by atoms with Gasteiger partial charge >= 0.3 is 0 Å². The van der Waals surface area contributed by atoms with Gasteiger partial charge in [0, 0.05) is 24.7 Å². The summed E-state index contributed by atoms with van der Waals surface area (Å²) in [5, 5.41) is 0. The monoisotopic (exact) mass is 353 g/mol. The van der Waals surface area contributed by atoms with Gasteiger partial charge in [0.1, 0.15) is 5.82 Å². The molecule has 4 nitrogen and oxygen atoms in total. The molecule has 1 N–H and O–H groups in total. The van der Waals surface area contributed by atoms with E-state index in [-0.39, 0.29) is 11.5 Å². The first-order valence-electron chi connectivity index (χ1n) is 9.88. The molecule has 0 unspecified atom stereocenters. The lowest BCUT2D eigenvalue weighted by Crippen LogP contribution is -2.26. The Morgan fingerprint density at radius 2 is 1.96 bits per heavy atom. The number of rotatable bonds is 6. The molecule has 1 aliphatic rings. The summed E-state index contributed by atoms with van der Waals surface area (Å²) in [6, 6.07) is 9.93. The van der Waals surface area contributed by atoms with E-state index in [1.54, 1.807) is 6.07 Å². The van der Waals surface area contributed by atoms with Crippen LogP contribution < -0.4 is 5.56 Å². The molecule has 26 heavy (non-hydrogen) atoms. The van der Waals surface area contributed by atoms with E-state index in [2.05, 4.69) is 55.8 Å². The van der Waals surface area contributed by atoms with Gasteiger partial charge in [-0.1, -0.05) is 52.0 Å². The second-order valence-electron chi connectivity index (χ2n) is 8.00. The van der Waals surface area contributed by atoms with Crippen LogP contribution in [0.4, 0.5) is 0 Å². The van der Waals surface area contributed by atoms with Crippen LogP contribution in [0.5, 0.6) is 0 Å². The number of hydrogen-bond acceptors (Lipinski definition) is 3. The summed E-state index contributed by atoms with van der Waals surface area (Å²) in [5.41, 5.74) is 3.51. The summed E-state index contributed by atoms with van der Waals surface area (Å²) in [6.07, 6.45) is 3.76. The van der Waals surface area contributed by atoms with Crippen molar-refractivity contribution in [2.75, 3.05) is 13.1 Å². The maximum absolute atomic E-state index is 12.1. The maximum Gasteiger partial charge on any atom is 0.251 e. The van der Waals surface area contributed by atoms with Crippen molar-refractivity contribution < 1.29 is 0 Å². The van der Waals surface area contributed by atoms with Crippen molar-refractivity contribution in [3.05, 3.63) is 51.9 Å². The molecule has 0 amide bonds. The highest BCUT2D eigenvalue weighted by molar-refractivity contribution is 5.60. The van der Waals surface area contributed by atoms with Crippen molar-refractivity contribution in [1.82, 2.24) is 14.9 Å². The summed E-state index contributed by atoms with van der Waals surface area (Å²) < 4.78 is 0. The quantitative estimate of drug-likeness (QED) is 0.827. The lowest BCUT2D eigenvalue weighted by Gasteiger charge is -2.26. The minimum absolute atomic E-state index is 0.0781. The molecule has 1 fully saturated rings. The van der Waals surface area contributed by atoms with Gasteiger partial charge in [0.05, 0.1) is 5.69 Å². The first kappa shape index (κ1) is 18.8. The highest BCUT2D eigenvalue weighted by Gasteiger charge is 2.34. The van der Waals surface area contributed by atoms with Gasteiger partial charge in [-0.3, -0.25) is 9.69 Å². The first-order chi connectivity index (χ1) is 12.5. The Hall–Kier alpha value is -1.94. The zero-order valence-corrected chi connectivity index (χ0v) is 16.5. The molecule has 0 radical (unpaired) electrons. The molecule has 2 aromatic rings. The zero-order valence-electron chi connectivity index (χ0n) is 16.5. The van der Waals surface area contributed by atoms with Crippen molar-refractivity contribution in [3.63, 3.8) is 0 Å². The van der Waals surface area contributed by atoms with E-state index in [0.29, 0.717) is 11.2 Å². The van der Waals surface area contributed by atoms with Crippen LogP contribution in [0.25, 0.3) is 11.4 Å². The average molecular weight is 354 g/mol. The van der Waals surface area contributed by atoms with Crippen molar-refractivity contribution >= 4 is 0 Å². The van der Waals surface area contributed by atoms with E-state index < -0.39 is 0 Å². The molecule has 3 rings (SSSR count). The molecule has 0 atom stereocenters. The summed E-state index contributed by atoms with van der Waals surface area (Å²) in [7, 11) is 0. The van der Waals surface area contributed by atoms with Crippen LogP contribution in [0.2, 0.25) is 0 Å². The second-order valence-corrected chi connectivity index (χ2v) is 8.00. The number of benzene rings is 1. The van der Waals surface area contributed by atoms with Gasteiger partial charge in [-0.05, 0) is 42.7 Å². The van der Waals surface area contributed by atoms with Crippen LogP contribution in [0.1, 0.15) is 64.1 Å². The lowest BCUT2D eigenvalue weighted by molar-refractivity contribution is 0.236. The number of H-pyrrole nitrogens is 1. The average Bonchev–Trinajstić information content (AvgIpc) is 3.05. The smallest absolute Gasteiger partial charge is 0.251 e. The van der Waals surface area contributed by atoms with Crippen molar-refractivity contribution in [2.24, 2.45) is 5.41 Å². The minimum Gasteiger partial charge on any atom is -0.307 e. The number of aromatic amines is 1. The van der Waals surface area contributed by atoms with Gasteiger partial charge in [0.25, 0.3) is 5.56 Å². The maximum atomic E-state index is 12.1. The highest BCUT2D eigenvalue weighted by Crippen LogP contribution is 2.38. The Morgan fingerprint density at radius 1 is 1.23 bits per heavy atom. The molecule has 140 valence electrons. The Balaban J connectivity index is 1.89. The fraction of sp³-hybridized carbons (Fsp3) is 0.545. The van der Waals surface area contributed by atoms with Gasteiger partial charge in [-0.25, -0.2) is 4.98 Å². The van der Waals surface area contributed by atoms with E-state index in [0.717, 1.165) is 30.9 Å². The molecular weight excluding hydrogens is 322 g/mol. The molecular formula is C22H31N3O. The van der Waals surface area contributed by atoms with Crippen LogP contribution in [0.15, 0.2) is 35.1 Å². The second kappa shape index (κ2) is 7.75. The predicted octanol–water partition coefficient (Wildman–Crippen LogP) is 4.57. The van der Waals surface area contributed by atoms with E-state index >= 15 is 0 Å². The minimum atomic E-state index is -0.0781. The van der Waals surface area contributed by atoms with Gasteiger partial charge in [0.2, 0.25) is 0 Å². The van der Waals surface area contributed by atoms with Crippen molar-refractivity contribution in [3.8, 4) is 11.4 Å². The number of hydrogen-bond donors (Lipinski definition) is 1. The Labute approximate surface area is 156 Å². The zero-order chi connectivity index (χ0) is 18.7. The van der Waals surface area contributed by atoms with Crippen molar-refractivity contribution in [2.45, 2.75) is 59.4 Å². The van der Waals surface area contributed by atoms with E-state index in [9.17, 15) is 4.79 Å². The Kier molecular flexibility index (Phi) is 5.61. The first-order valence-corrected chi connectivity index (χ1v) is 9.88. The fourth-order valence-electron chi connectivity index (χ4n) is 4.02. The lowest BCUT2D eigenvalue weighted by atomic mass is 9.82. The number of aromatic nitrogens is 2. The molecule has 1 aromatic carbocycles. The number of nitrogens with one attached hydrogen (secondary N) is 1. The van der Waals surface area contributed by atoms with Crippen LogP contribution in [-0.4, -0.2) is 28.0 Å². The normalized spacial score (nSPS) is 17.1. The van der Waals surface area contributed by atoms with Crippen LogP contribution in [0.3, 0.4) is 0 Å². The predicted molar refractivity (Wildman–Crippen MR) is 107 cm³/mol. The van der Waals surface area contributed by atoms with Gasteiger partial charge in [0.15, 0.2) is 0 Å². The van der Waals surface area contributed by atoms with E-state index in [1.807, 2.05) is 6.07 Å². The third kappa shape index (κ3) is 3.90. The van der Waals surface area contributed by atoms with Crippen LogP contribution in [0, 0.1) is 5.41 Å². The third-order valence-electron chi connectivity index (χ3n) is 6.04. The Bertz CT molecular complexity index is 805. The molecule has 2 heterocycles. The Morgan fingerprint density at radius 3 is 2.62 bits per heavy atom. The molecule has 0 bridgehead atoms. The molecule has 1 saturated heterocycles. The van der Waals surface area contributed by atoms with Crippen molar-refractivity contribution in [1.29, 1.82) is 0 Å². The number of likely N-dealkylation sites (tertiary alicyclic amines) is 1.